The molecule has 226 valence electrons. The van der Waals surface area contributed by atoms with Crippen LogP contribution in [0.3, 0.4) is 0 Å². The van der Waals surface area contributed by atoms with Gasteiger partial charge >= 0.3 is 13.2 Å². The number of hydrogen-bond donors (Lipinski definition) is 1. The van der Waals surface area contributed by atoms with Crippen LogP contribution in [0.15, 0.2) is 18.5 Å². The number of hydrogen-bond acceptors (Lipinski definition) is 7. The summed E-state index contributed by atoms with van der Waals surface area (Å²) in [4.78, 5) is 14.6. The summed E-state index contributed by atoms with van der Waals surface area (Å²) >= 11 is 7.05. The third-order valence-corrected chi connectivity index (χ3v) is 9.68. The Kier molecular flexibility index (Phi) is 8.01. The van der Waals surface area contributed by atoms with E-state index in [4.69, 9.17) is 35.8 Å². The first kappa shape index (κ1) is 29.4. The maximum atomic E-state index is 11.4. The molecular formula is C29H40BClN6O5. The van der Waals surface area contributed by atoms with E-state index in [1.54, 1.807) is 11.0 Å². The fraction of sp³-hybridized carbons (Fsp3) is 0.655. The Morgan fingerprint density at radius 3 is 2.60 bits per heavy atom. The number of ether oxygens (including phenoxy) is 1. The minimum atomic E-state index is -0.864. The zero-order valence-corrected chi connectivity index (χ0v) is 25.6. The molecule has 0 radical (unpaired) electrons. The Bertz CT molecular complexity index is 1440. The lowest BCUT2D eigenvalue weighted by Crippen LogP contribution is -2.41. The van der Waals surface area contributed by atoms with Gasteiger partial charge < -0.3 is 24.1 Å². The van der Waals surface area contributed by atoms with Crippen molar-refractivity contribution in [2.45, 2.75) is 96.6 Å². The van der Waals surface area contributed by atoms with Crippen molar-refractivity contribution in [3.8, 4) is 0 Å². The van der Waals surface area contributed by atoms with Gasteiger partial charge in [0.1, 0.15) is 0 Å². The molecule has 1 aromatic carbocycles. The van der Waals surface area contributed by atoms with E-state index in [-0.39, 0.29) is 12.1 Å². The Morgan fingerprint density at radius 1 is 1.10 bits per heavy atom. The zero-order chi connectivity index (χ0) is 29.6. The first-order valence-electron chi connectivity index (χ1n) is 15.0. The van der Waals surface area contributed by atoms with Crippen molar-refractivity contribution in [2.24, 2.45) is 5.92 Å². The number of aryl methyl sites for hydroxylation is 1. The van der Waals surface area contributed by atoms with Crippen LogP contribution in [0.4, 0.5) is 4.79 Å². The van der Waals surface area contributed by atoms with Gasteiger partial charge in [0, 0.05) is 30.1 Å². The number of amides is 1. The second kappa shape index (κ2) is 11.4. The van der Waals surface area contributed by atoms with E-state index in [9.17, 15) is 9.90 Å². The van der Waals surface area contributed by atoms with Crippen molar-refractivity contribution in [1.82, 2.24) is 29.7 Å². The van der Waals surface area contributed by atoms with Gasteiger partial charge in [0.15, 0.2) is 6.23 Å². The number of halogens is 1. The Labute approximate surface area is 251 Å². The Morgan fingerprint density at radius 2 is 1.88 bits per heavy atom. The Balaban J connectivity index is 1.27. The van der Waals surface area contributed by atoms with E-state index in [2.05, 4.69) is 5.10 Å². The van der Waals surface area contributed by atoms with Crippen molar-refractivity contribution in [2.75, 3.05) is 19.7 Å². The smallest absolute Gasteiger partial charge is 0.465 e. The first-order chi connectivity index (χ1) is 20.0. The van der Waals surface area contributed by atoms with Crippen molar-refractivity contribution in [3.63, 3.8) is 0 Å². The molecule has 0 saturated carbocycles. The number of benzene rings is 1. The molecule has 6 rings (SSSR count). The molecule has 3 aromatic rings. The first-order valence-corrected chi connectivity index (χ1v) is 15.4. The van der Waals surface area contributed by atoms with Gasteiger partial charge in [0.2, 0.25) is 0 Å². The fourth-order valence-corrected chi connectivity index (χ4v) is 6.56. The van der Waals surface area contributed by atoms with Crippen LogP contribution < -0.4 is 5.46 Å². The molecule has 1 N–H and O–H groups in total. The molecule has 3 saturated heterocycles. The van der Waals surface area contributed by atoms with Crippen LogP contribution in [0.25, 0.3) is 10.9 Å². The molecule has 3 aliphatic rings. The van der Waals surface area contributed by atoms with Crippen LogP contribution >= 0.6 is 11.6 Å². The molecule has 42 heavy (non-hydrogen) atoms. The highest BCUT2D eigenvalue weighted by Crippen LogP contribution is 2.39. The molecule has 3 aliphatic heterocycles. The van der Waals surface area contributed by atoms with Crippen molar-refractivity contribution in [3.05, 3.63) is 34.7 Å². The van der Waals surface area contributed by atoms with Gasteiger partial charge in [0.25, 0.3) is 0 Å². The summed E-state index contributed by atoms with van der Waals surface area (Å²) in [5.41, 5.74) is 2.60. The van der Waals surface area contributed by atoms with E-state index >= 15 is 0 Å². The fourth-order valence-electron chi connectivity index (χ4n) is 6.26. The lowest BCUT2D eigenvalue weighted by molar-refractivity contribution is -0.0366. The maximum Gasteiger partial charge on any atom is 0.495 e. The minimum absolute atomic E-state index is 0.119. The van der Waals surface area contributed by atoms with Gasteiger partial charge in [-0.25, -0.2) is 9.48 Å². The van der Waals surface area contributed by atoms with Crippen molar-refractivity contribution < 1.29 is 23.9 Å². The number of likely N-dealkylation sites (tertiary alicyclic amines) is 1. The zero-order valence-electron chi connectivity index (χ0n) is 24.9. The van der Waals surface area contributed by atoms with Gasteiger partial charge in [-0.2, -0.15) is 20.1 Å². The summed E-state index contributed by atoms with van der Waals surface area (Å²) in [6, 6.07) is 1.99. The highest BCUT2D eigenvalue weighted by Gasteiger charge is 2.53. The summed E-state index contributed by atoms with van der Waals surface area (Å²) in [6.07, 6.45) is 8.83. The van der Waals surface area contributed by atoms with E-state index in [0.717, 1.165) is 66.3 Å². The average Bonchev–Trinajstić information content (AvgIpc) is 3.63. The van der Waals surface area contributed by atoms with Crippen LogP contribution in [0, 0.1) is 5.92 Å². The lowest BCUT2D eigenvalue weighted by Gasteiger charge is -2.32. The number of rotatable bonds is 7. The minimum Gasteiger partial charge on any atom is -0.465 e. The van der Waals surface area contributed by atoms with E-state index in [1.807, 2.05) is 44.6 Å². The second-order valence-corrected chi connectivity index (χ2v) is 13.2. The molecule has 2 atom stereocenters. The number of nitrogens with zero attached hydrogens (tertiary/aromatic N) is 6. The number of carbonyl (C=O) groups is 1. The molecule has 0 spiro atoms. The predicted molar refractivity (Wildman–Crippen MR) is 159 cm³/mol. The third kappa shape index (κ3) is 5.66. The third-order valence-electron chi connectivity index (χ3n) is 9.34. The van der Waals surface area contributed by atoms with Crippen LogP contribution in [-0.4, -0.2) is 78.9 Å². The number of piperidine rings is 1. The standard InChI is InChI=1S/C29H40BClN6O5/c1-28(2)29(3,4)42-30(41-28)26-21(23(31)14-24-22(26)16-33-37(24)25-9-5-6-13-40-25)11-10-20-15-32-36(34-20)18-19-8-7-12-35(17-19)27(38)39/h14-16,19,25H,5-13,17-18H2,1-4H3,(H,38,39). The maximum absolute atomic E-state index is 11.4. The summed E-state index contributed by atoms with van der Waals surface area (Å²) < 4.78 is 21.1. The van der Waals surface area contributed by atoms with Gasteiger partial charge in [0.05, 0.1) is 41.4 Å². The van der Waals surface area contributed by atoms with Crippen LogP contribution in [-0.2, 0) is 33.4 Å². The normalized spacial score (nSPS) is 24.0. The number of carboxylic acid groups (broad SMARTS) is 1. The molecule has 0 bridgehead atoms. The summed E-state index contributed by atoms with van der Waals surface area (Å²) in [6.45, 7) is 10.6. The van der Waals surface area contributed by atoms with Gasteiger partial charge in [-0.15, -0.1) is 0 Å². The Hall–Kier alpha value is -2.67. The van der Waals surface area contributed by atoms with Gasteiger partial charge in [-0.05, 0) is 95.7 Å². The molecule has 11 nitrogen and oxygen atoms in total. The van der Waals surface area contributed by atoms with Crippen LogP contribution in [0.2, 0.25) is 5.02 Å². The summed E-state index contributed by atoms with van der Waals surface area (Å²) in [7, 11) is -0.602. The molecule has 13 heteroatoms. The van der Waals surface area contributed by atoms with E-state index in [0.29, 0.717) is 37.5 Å². The predicted octanol–water partition coefficient (Wildman–Crippen LogP) is 4.45. The molecule has 2 aromatic heterocycles. The van der Waals surface area contributed by atoms with Crippen molar-refractivity contribution >= 4 is 41.2 Å². The quantitative estimate of drug-likeness (QED) is 0.397. The van der Waals surface area contributed by atoms with Crippen LogP contribution in [0.1, 0.15) is 77.3 Å². The highest BCUT2D eigenvalue weighted by atomic mass is 35.5. The molecule has 1 amide bonds. The average molecular weight is 599 g/mol. The van der Waals surface area contributed by atoms with E-state index < -0.39 is 24.4 Å². The summed E-state index contributed by atoms with van der Waals surface area (Å²) in [5, 5.41) is 24.9. The van der Waals surface area contributed by atoms with Crippen molar-refractivity contribution in [1.29, 1.82) is 0 Å². The van der Waals surface area contributed by atoms with Crippen LogP contribution in [0.5, 0.6) is 0 Å². The SMILES string of the molecule is CC1(C)OB(c2c(CCc3cnn(CC4CCCN(C(=O)O)C4)n3)c(Cl)cc3c2cnn3C2CCCCO2)OC1(C)C. The molecule has 2 unspecified atom stereocenters. The van der Waals surface area contributed by atoms with Gasteiger partial charge in [-0.1, -0.05) is 11.6 Å². The van der Waals surface area contributed by atoms with E-state index in [1.165, 1.54) is 4.90 Å². The second-order valence-electron chi connectivity index (χ2n) is 12.8. The monoisotopic (exact) mass is 598 g/mol. The number of aromatic nitrogens is 5. The molecule has 0 aliphatic carbocycles. The molecular weight excluding hydrogens is 559 g/mol. The topological polar surface area (TPSA) is 117 Å². The summed E-state index contributed by atoms with van der Waals surface area (Å²) in [5.74, 6) is 0.201. The van der Waals surface area contributed by atoms with Gasteiger partial charge in [-0.3, -0.25) is 0 Å². The molecule has 5 heterocycles. The highest BCUT2D eigenvalue weighted by molar-refractivity contribution is 6.66. The lowest BCUT2D eigenvalue weighted by atomic mass is 9.73. The molecule has 3 fully saturated rings. The largest absolute Gasteiger partial charge is 0.495 e. The number of fused-ring (bicyclic) bond motifs is 1.